The number of aromatic carboxylic acids is 1. The maximum absolute atomic E-state index is 11.1. The van der Waals surface area contributed by atoms with Gasteiger partial charge in [-0.2, -0.15) is 0 Å². The summed E-state index contributed by atoms with van der Waals surface area (Å²) in [6.07, 6.45) is 5.89. The van der Waals surface area contributed by atoms with Crippen LogP contribution >= 0.6 is 0 Å². The molecule has 4 heteroatoms. The highest BCUT2D eigenvalue weighted by Gasteiger charge is 2.13. The van der Waals surface area contributed by atoms with Gasteiger partial charge in [-0.15, -0.1) is 0 Å². The lowest BCUT2D eigenvalue weighted by Crippen LogP contribution is -2.22. The summed E-state index contributed by atoms with van der Waals surface area (Å²) in [4.78, 5) is 11.1. The zero-order valence-corrected chi connectivity index (χ0v) is 11.7. The number of unbranched alkanes of at least 4 members (excludes halogenated alkanes) is 1. The molecule has 0 saturated carbocycles. The highest BCUT2D eigenvalue weighted by Crippen LogP contribution is 2.15. The number of carboxylic acids is 1. The van der Waals surface area contributed by atoms with Crippen molar-refractivity contribution in [1.82, 2.24) is 0 Å². The second kappa shape index (κ2) is 8.02. The number of benzene rings is 1. The zero-order valence-electron chi connectivity index (χ0n) is 11.7. The Bertz CT molecular complexity index is 424. The molecule has 1 aromatic carbocycles. The molecule has 1 aromatic rings. The molecule has 1 heterocycles. The second-order valence-electron chi connectivity index (χ2n) is 5.09. The summed E-state index contributed by atoms with van der Waals surface area (Å²) < 4.78 is 11.2. The van der Waals surface area contributed by atoms with E-state index < -0.39 is 5.97 Å². The van der Waals surface area contributed by atoms with E-state index in [9.17, 15) is 4.79 Å². The van der Waals surface area contributed by atoms with Crippen LogP contribution < -0.4 is 0 Å². The maximum Gasteiger partial charge on any atom is 0.335 e. The summed E-state index contributed by atoms with van der Waals surface area (Å²) in [7, 11) is 0. The second-order valence-corrected chi connectivity index (χ2v) is 5.09. The largest absolute Gasteiger partial charge is 0.478 e. The molecule has 0 aliphatic carbocycles. The number of aryl methyl sites for hydroxylation is 1. The van der Waals surface area contributed by atoms with Crippen molar-refractivity contribution in [3.8, 4) is 0 Å². The molecule has 1 N–H and O–H groups in total. The average Bonchev–Trinajstić information content (AvgIpc) is 2.48. The molecule has 1 aliphatic heterocycles. The van der Waals surface area contributed by atoms with Crippen LogP contribution in [-0.2, 0) is 15.9 Å². The van der Waals surface area contributed by atoms with Gasteiger partial charge in [-0.1, -0.05) is 18.2 Å². The molecule has 1 saturated heterocycles. The fourth-order valence-electron chi connectivity index (χ4n) is 2.42. The third-order valence-corrected chi connectivity index (χ3v) is 3.53. The molecule has 2 rings (SSSR count). The minimum absolute atomic E-state index is 0.0324. The molecule has 1 fully saturated rings. The fraction of sp³-hybridized carbons (Fsp3) is 0.562. The van der Waals surface area contributed by atoms with Crippen molar-refractivity contribution in [2.75, 3.05) is 13.2 Å². The molecule has 20 heavy (non-hydrogen) atoms. The van der Waals surface area contributed by atoms with Crippen LogP contribution in [0.2, 0.25) is 0 Å². The molecular weight excluding hydrogens is 256 g/mol. The van der Waals surface area contributed by atoms with E-state index in [4.69, 9.17) is 14.6 Å². The standard InChI is InChI=1S/C16H22O4/c17-16(18)14-9-2-1-7-13(14)8-3-5-11-19-15-10-4-6-12-20-15/h1-2,7,9,15H,3-6,8,10-12H2,(H,17,18). The van der Waals surface area contributed by atoms with Crippen LogP contribution in [0.1, 0.15) is 48.0 Å². The first kappa shape index (κ1) is 15.0. The van der Waals surface area contributed by atoms with E-state index in [-0.39, 0.29) is 6.29 Å². The quantitative estimate of drug-likeness (QED) is 0.778. The molecule has 1 unspecified atom stereocenters. The van der Waals surface area contributed by atoms with Crippen LogP contribution in [0, 0.1) is 0 Å². The van der Waals surface area contributed by atoms with Crippen molar-refractivity contribution in [2.45, 2.75) is 44.8 Å². The lowest BCUT2D eigenvalue weighted by atomic mass is 10.0. The van der Waals surface area contributed by atoms with Gasteiger partial charge in [0.2, 0.25) is 0 Å². The summed E-state index contributed by atoms with van der Waals surface area (Å²) in [6.45, 7) is 1.48. The van der Waals surface area contributed by atoms with E-state index in [2.05, 4.69) is 0 Å². The van der Waals surface area contributed by atoms with Crippen molar-refractivity contribution in [3.63, 3.8) is 0 Å². The fourth-order valence-corrected chi connectivity index (χ4v) is 2.42. The smallest absolute Gasteiger partial charge is 0.335 e. The molecule has 0 spiro atoms. The van der Waals surface area contributed by atoms with E-state index >= 15 is 0 Å². The summed E-state index contributed by atoms with van der Waals surface area (Å²) in [5, 5.41) is 9.10. The Hall–Kier alpha value is -1.39. The molecular formula is C16H22O4. The van der Waals surface area contributed by atoms with Crippen molar-refractivity contribution in [1.29, 1.82) is 0 Å². The van der Waals surface area contributed by atoms with Gasteiger partial charge in [0.25, 0.3) is 0 Å². The first-order valence-electron chi connectivity index (χ1n) is 7.32. The highest BCUT2D eigenvalue weighted by atomic mass is 16.7. The topological polar surface area (TPSA) is 55.8 Å². The number of hydrogen-bond acceptors (Lipinski definition) is 3. The minimum Gasteiger partial charge on any atom is -0.478 e. The van der Waals surface area contributed by atoms with Crippen LogP contribution in [0.5, 0.6) is 0 Å². The van der Waals surface area contributed by atoms with Gasteiger partial charge in [-0.25, -0.2) is 4.79 Å². The predicted molar refractivity (Wildman–Crippen MR) is 75.9 cm³/mol. The molecule has 1 aliphatic rings. The molecule has 0 radical (unpaired) electrons. The SMILES string of the molecule is O=C(O)c1ccccc1CCCCOC1CCCCO1. The summed E-state index contributed by atoms with van der Waals surface area (Å²) in [5.74, 6) is -0.854. The molecule has 0 bridgehead atoms. The lowest BCUT2D eigenvalue weighted by Gasteiger charge is -2.22. The van der Waals surface area contributed by atoms with E-state index in [1.165, 1.54) is 6.42 Å². The summed E-state index contributed by atoms with van der Waals surface area (Å²) >= 11 is 0. The van der Waals surface area contributed by atoms with Crippen LogP contribution in [-0.4, -0.2) is 30.6 Å². The third kappa shape index (κ3) is 4.62. The van der Waals surface area contributed by atoms with Crippen LogP contribution in [0.3, 0.4) is 0 Å². The first-order chi connectivity index (χ1) is 9.77. The molecule has 110 valence electrons. The van der Waals surface area contributed by atoms with Crippen molar-refractivity contribution >= 4 is 5.97 Å². The number of carboxylic acid groups (broad SMARTS) is 1. The predicted octanol–water partition coefficient (Wildman–Crippen LogP) is 3.25. The number of ether oxygens (including phenoxy) is 2. The van der Waals surface area contributed by atoms with Gasteiger partial charge in [0.15, 0.2) is 6.29 Å². The number of hydrogen-bond donors (Lipinski definition) is 1. The number of rotatable bonds is 7. The Labute approximate surface area is 119 Å². The summed E-state index contributed by atoms with van der Waals surface area (Å²) in [6, 6.07) is 7.18. The van der Waals surface area contributed by atoms with E-state index in [1.807, 2.05) is 12.1 Å². The van der Waals surface area contributed by atoms with Crippen LogP contribution in [0.15, 0.2) is 24.3 Å². The van der Waals surface area contributed by atoms with Crippen LogP contribution in [0.4, 0.5) is 0 Å². The van der Waals surface area contributed by atoms with Gasteiger partial charge in [0.1, 0.15) is 0 Å². The lowest BCUT2D eigenvalue weighted by molar-refractivity contribution is -0.162. The number of carbonyl (C=O) groups is 1. The maximum atomic E-state index is 11.1. The average molecular weight is 278 g/mol. The Balaban J connectivity index is 1.67. The van der Waals surface area contributed by atoms with Gasteiger partial charge in [0, 0.05) is 13.2 Å². The van der Waals surface area contributed by atoms with Crippen molar-refractivity contribution in [2.24, 2.45) is 0 Å². The monoisotopic (exact) mass is 278 g/mol. The van der Waals surface area contributed by atoms with E-state index in [0.29, 0.717) is 12.2 Å². The zero-order chi connectivity index (χ0) is 14.2. The molecule has 4 nitrogen and oxygen atoms in total. The first-order valence-corrected chi connectivity index (χ1v) is 7.32. The van der Waals surface area contributed by atoms with E-state index in [0.717, 1.165) is 44.3 Å². The molecule has 1 atom stereocenters. The Morgan fingerprint density at radius 2 is 2.15 bits per heavy atom. The molecule has 0 amide bonds. The van der Waals surface area contributed by atoms with Crippen LogP contribution in [0.25, 0.3) is 0 Å². The van der Waals surface area contributed by atoms with Gasteiger partial charge in [0.05, 0.1) is 5.56 Å². The van der Waals surface area contributed by atoms with Gasteiger partial charge >= 0.3 is 5.97 Å². The third-order valence-electron chi connectivity index (χ3n) is 3.53. The van der Waals surface area contributed by atoms with Gasteiger partial charge in [-0.05, 0) is 50.2 Å². The molecule has 0 aromatic heterocycles. The Morgan fingerprint density at radius 1 is 1.30 bits per heavy atom. The summed E-state index contributed by atoms with van der Waals surface area (Å²) in [5.41, 5.74) is 1.30. The van der Waals surface area contributed by atoms with Gasteiger partial charge in [-0.3, -0.25) is 0 Å². The van der Waals surface area contributed by atoms with Gasteiger partial charge < -0.3 is 14.6 Å². The van der Waals surface area contributed by atoms with E-state index in [1.54, 1.807) is 12.1 Å². The Morgan fingerprint density at radius 3 is 2.90 bits per heavy atom. The minimum atomic E-state index is -0.854. The van der Waals surface area contributed by atoms with Crippen molar-refractivity contribution in [3.05, 3.63) is 35.4 Å². The normalized spacial score (nSPS) is 18.9. The van der Waals surface area contributed by atoms with Crippen molar-refractivity contribution < 1.29 is 19.4 Å². The highest BCUT2D eigenvalue weighted by molar-refractivity contribution is 5.89. The Kier molecular flexibility index (Phi) is 6.02.